The zero-order valence-corrected chi connectivity index (χ0v) is 6.92. The lowest BCUT2D eigenvalue weighted by Gasteiger charge is -2.10. The molecular formula is C4H4O8Si. The van der Waals surface area contributed by atoms with Crippen molar-refractivity contribution in [3.8, 4) is 0 Å². The first-order chi connectivity index (χ1) is 5.77. The van der Waals surface area contributed by atoms with Gasteiger partial charge < -0.3 is 20.4 Å². The smallest absolute Gasteiger partial charge is 0.484 e. The molecule has 0 aromatic heterocycles. The number of hydrogen-bond donors (Lipinski definition) is 4. The Kier molecular flexibility index (Phi) is 2.75. The van der Waals surface area contributed by atoms with Crippen molar-refractivity contribution < 1.29 is 39.6 Å². The highest BCUT2D eigenvalue weighted by atomic mass is 28.3. The summed E-state index contributed by atoms with van der Waals surface area (Å²) in [5.41, 5.74) is -9.28. The van der Waals surface area contributed by atoms with Crippen LogP contribution in [0.2, 0.25) is 0 Å². The first kappa shape index (κ1) is 11.1. The predicted molar refractivity (Wildman–Crippen MR) is 37.9 cm³/mol. The average Bonchev–Trinajstić information content (AvgIpc) is 1.82. The third kappa shape index (κ3) is 1.36. The van der Waals surface area contributed by atoms with Crippen LogP contribution in [0.5, 0.6) is 0 Å². The Morgan fingerprint density at radius 2 is 0.769 bits per heavy atom. The molecule has 4 N–H and O–H groups in total. The minimum atomic E-state index is -5.44. The zero-order valence-electron chi connectivity index (χ0n) is 5.92. The van der Waals surface area contributed by atoms with Gasteiger partial charge in [0.25, 0.3) is 0 Å². The van der Waals surface area contributed by atoms with Gasteiger partial charge >= 0.3 is 30.4 Å². The SMILES string of the molecule is O=C(O)[Si](C(=O)O)(C(=O)O)C(=O)O. The minimum Gasteiger partial charge on any atom is -0.484 e. The van der Waals surface area contributed by atoms with Gasteiger partial charge in [-0.15, -0.1) is 0 Å². The van der Waals surface area contributed by atoms with Gasteiger partial charge in [-0.1, -0.05) is 0 Å². The molecular weight excluding hydrogens is 204 g/mol. The average molecular weight is 208 g/mol. The van der Waals surface area contributed by atoms with Gasteiger partial charge in [-0.3, -0.25) is 19.2 Å². The Balaban J connectivity index is 5.60. The Morgan fingerprint density at radius 1 is 0.615 bits per heavy atom. The molecule has 0 heterocycles. The van der Waals surface area contributed by atoms with E-state index < -0.39 is 30.4 Å². The molecule has 0 aliphatic carbocycles. The maximum Gasteiger partial charge on any atom is 0.544 e. The van der Waals surface area contributed by atoms with Gasteiger partial charge in [-0.25, -0.2) is 0 Å². The molecule has 0 atom stereocenters. The van der Waals surface area contributed by atoms with E-state index >= 15 is 0 Å². The van der Waals surface area contributed by atoms with Gasteiger partial charge in [0.15, 0.2) is 0 Å². The fourth-order valence-electron chi connectivity index (χ4n) is 0.549. The molecule has 0 amide bonds. The second-order valence-electron chi connectivity index (χ2n) is 1.97. The summed E-state index contributed by atoms with van der Waals surface area (Å²) in [6.07, 6.45) is 0. The van der Waals surface area contributed by atoms with E-state index in [1.165, 1.54) is 0 Å². The van der Waals surface area contributed by atoms with E-state index in [0.717, 1.165) is 0 Å². The minimum absolute atomic E-state index is 2.32. The van der Waals surface area contributed by atoms with Crippen molar-refractivity contribution in [1.29, 1.82) is 0 Å². The van der Waals surface area contributed by atoms with E-state index in [1.54, 1.807) is 0 Å². The van der Waals surface area contributed by atoms with Gasteiger partial charge in [-0.05, 0) is 0 Å². The summed E-state index contributed by atoms with van der Waals surface area (Å²) in [6.45, 7) is 0. The molecule has 0 rings (SSSR count). The normalized spacial score (nSPS) is 10.5. The van der Waals surface area contributed by atoms with Crippen LogP contribution in [0.15, 0.2) is 0 Å². The van der Waals surface area contributed by atoms with Crippen LogP contribution in [0.4, 0.5) is 19.2 Å². The molecule has 0 aromatic rings. The van der Waals surface area contributed by atoms with E-state index in [0.29, 0.717) is 0 Å². The quantitative estimate of drug-likeness (QED) is 0.487. The lowest BCUT2D eigenvalue weighted by atomic mass is 11.4. The van der Waals surface area contributed by atoms with Crippen molar-refractivity contribution in [3.05, 3.63) is 0 Å². The van der Waals surface area contributed by atoms with Gasteiger partial charge in [-0.2, -0.15) is 0 Å². The van der Waals surface area contributed by atoms with E-state index in [9.17, 15) is 19.2 Å². The van der Waals surface area contributed by atoms with E-state index in [4.69, 9.17) is 20.4 Å². The lowest BCUT2D eigenvalue weighted by Crippen LogP contribution is -2.64. The molecule has 13 heavy (non-hydrogen) atoms. The maximum absolute atomic E-state index is 10.3. The Morgan fingerprint density at radius 3 is 0.769 bits per heavy atom. The third-order valence-corrected chi connectivity index (χ3v) is 3.85. The highest BCUT2D eigenvalue weighted by Gasteiger charge is 2.68. The van der Waals surface area contributed by atoms with Gasteiger partial charge in [0.1, 0.15) is 0 Å². The monoisotopic (exact) mass is 208 g/mol. The van der Waals surface area contributed by atoms with Gasteiger partial charge in [0.2, 0.25) is 0 Å². The third-order valence-electron chi connectivity index (χ3n) is 1.28. The van der Waals surface area contributed by atoms with Gasteiger partial charge in [0.05, 0.1) is 0 Å². The molecule has 8 nitrogen and oxygen atoms in total. The van der Waals surface area contributed by atoms with Crippen molar-refractivity contribution in [2.24, 2.45) is 0 Å². The lowest BCUT2D eigenvalue weighted by molar-refractivity contribution is 0.195. The van der Waals surface area contributed by atoms with Crippen molar-refractivity contribution >= 4 is 30.4 Å². The van der Waals surface area contributed by atoms with E-state index in [1.807, 2.05) is 0 Å². The summed E-state index contributed by atoms with van der Waals surface area (Å²) in [4.78, 5) is 41.1. The van der Waals surface area contributed by atoms with Crippen molar-refractivity contribution in [2.75, 3.05) is 0 Å². The fraction of sp³-hybridized carbons (Fsp3) is 0. The van der Waals surface area contributed by atoms with Crippen LogP contribution in [-0.4, -0.2) is 50.9 Å². The molecule has 0 aliphatic heterocycles. The highest BCUT2D eigenvalue weighted by molar-refractivity contribution is 7.51. The Hall–Kier alpha value is -1.90. The summed E-state index contributed by atoms with van der Waals surface area (Å²) < 4.78 is 0. The second-order valence-corrected chi connectivity index (χ2v) is 5.18. The molecule has 0 saturated carbocycles. The summed E-state index contributed by atoms with van der Waals surface area (Å²) in [7, 11) is -5.44. The molecule has 0 fully saturated rings. The summed E-state index contributed by atoms with van der Waals surface area (Å²) in [5, 5.41) is 33.0. The summed E-state index contributed by atoms with van der Waals surface area (Å²) >= 11 is 0. The largest absolute Gasteiger partial charge is 0.544 e. The Labute approximate surface area is 71.0 Å². The van der Waals surface area contributed by atoms with Crippen LogP contribution in [0.3, 0.4) is 0 Å². The van der Waals surface area contributed by atoms with Gasteiger partial charge in [0, 0.05) is 0 Å². The number of carbonyl (C=O) groups is 4. The molecule has 0 radical (unpaired) electrons. The standard InChI is InChI=1S/C4H4O8Si/c5-1(6)13(2(7)8,3(9)10)4(11)12/h(H,5,6)(H,7,8)(H,9,10)(H,11,12). The van der Waals surface area contributed by atoms with Crippen LogP contribution >= 0.6 is 0 Å². The maximum atomic E-state index is 10.3. The van der Waals surface area contributed by atoms with Crippen molar-refractivity contribution in [1.82, 2.24) is 0 Å². The van der Waals surface area contributed by atoms with Crippen LogP contribution in [0.1, 0.15) is 0 Å². The van der Waals surface area contributed by atoms with Crippen LogP contribution in [0.25, 0.3) is 0 Å². The van der Waals surface area contributed by atoms with E-state index in [-0.39, 0.29) is 0 Å². The van der Waals surface area contributed by atoms with Crippen molar-refractivity contribution in [2.45, 2.75) is 0 Å². The first-order valence-electron chi connectivity index (χ1n) is 2.71. The first-order valence-corrected chi connectivity index (χ1v) is 4.71. The number of carboxylic acid groups (broad SMARTS) is 4. The fourth-order valence-corrected chi connectivity index (χ4v) is 1.65. The summed E-state index contributed by atoms with van der Waals surface area (Å²) in [6, 6.07) is 0. The molecule has 9 heteroatoms. The van der Waals surface area contributed by atoms with Crippen LogP contribution in [0, 0.1) is 0 Å². The number of rotatable bonds is 4. The molecule has 0 bridgehead atoms. The topological polar surface area (TPSA) is 149 Å². The van der Waals surface area contributed by atoms with Crippen LogP contribution in [-0.2, 0) is 0 Å². The molecule has 0 unspecified atom stereocenters. The predicted octanol–water partition coefficient (Wildman–Crippen LogP) is 0.474. The highest BCUT2D eigenvalue weighted by Crippen LogP contribution is 2.09. The van der Waals surface area contributed by atoms with Crippen LogP contribution < -0.4 is 0 Å². The molecule has 72 valence electrons. The molecule has 0 spiro atoms. The van der Waals surface area contributed by atoms with E-state index in [2.05, 4.69) is 0 Å². The molecule has 0 aromatic carbocycles. The zero-order chi connectivity index (χ0) is 10.8. The van der Waals surface area contributed by atoms with Crippen molar-refractivity contribution in [3.63, 3.8) is 0 Å². The summed E-state index contributed by atoms with van der Waals surface area (Å²) in [5.74, 6) is 0. The Bertz CT molecular complexity index is 231. The molecule has 0 aliphatic rings. The second kappa shape index (κ2) is 3.22. The molecule has 0 saturated heterocycles. The number of hydrogen-bond acceptors (Lipinski definition) is 4.